The molecular formula is C30H36N8O11P2. The van der Waals surface area contributed by atoms with Gasteiger partial charge in [0, 0.05) is 31.1 Å². The topological polar surface area (TPSA) is 240 Å². The highest BCUT2D eigenvalue weighted by Crippen LogP contribution is 2.44. The maximum Gasteiger partial charge on any atom is 0.319 e. The van der Waals surface area contributed by atoms with E-state index in [1.807, 2.05) is 24.3 Å². The summed E-state index contributed by atoms with van der Waals surface area (Å²) in [4.78, 5) is 45.1. The van der Waals surface area contributed by atoms with Crippen LogP contribution in [0.15, 0.2) is 54.0 Å². The molecule has 19 nitrogen and oxygen atoms in total. The molecule has 9 atom stereocenters. The Bertz CT molecular complexity index is 1970. The van der Waals surface area contributed by atoms with Gasteiger partial charge >= 0.3 is 16.5 Å². The van der Waals surface area contributed by atoms with Gasteiger partial charge in [-0.3, -0.25) is 38.1 Å². The second-order valence-corrected chi connectivity index (χ2v) is 14.2. The van der Waals surface area contributed by atoms with Crippen LogP contribution in [0.1, 0.15) is 30.2 Å². The molecule has 3 fully saturated rings. The Morgan fingerprint density at radius 1 is 1.08 bits per heavy atom. The van der Waals surface area contributed by atoms with Gasteiger partial charge < -0.3 is 33.5 Å². The van der Waals surface area contributed by atoms with E-state index in [1.54, 1.807) is 19.3 Å². The number of carbonyl (C=O) groups excluding carboxylic acids is 1. The van der Waals surface area contributed by atoms with Crippen molar-refractivity contribution in [1.29, 1.82) is 0 Å². The van der Waals surface area contributed by atoms with Crippen molar-refractivity contribution >= 4 is 39.5 Å². The third-order valence-corrected chi connectivity index (χ3v) is 10.6. The van der Waals surface area contributed by atoms with Gasteiger partial charge in [-0.2, -0.15) is 4.98 Å². The van der Waals surface area contributed by atoms with Crippen molar-refractivity contribution in [2.75, 3.05) is 25.6 Å². The molecule has 7 rings (SSSR count). The van der Waals surface area contributed by atoms with Crippen molar-refractivity contribution in [3.05, 3.63) is 70.7 Å². The van der Waals surface area contributed by atoms with Crippen LogP contribution < -0.4 is 20.9 Å². The normalized spacial score (nSPS) is 29.8. The van der Waals surface area contributed by atoms with Crippen LogP contribution in [-0.4, -0.2) is 91.3 Å². The van der Waals surface area contributed by atoms with E-state index in [0.29, 0.717) is 25.3 Å². The zero-order chi connectivity index (χ0) is 35.5. The van der Waals surface area contributed by atoms with E-state index in [9.17, 15) is 23.8 Å². The predicted molar refractivity (Wildman–Crippen MR) is 178 cm³/mol. The highest BCUT2D eigenvalue weighted by Gasteiger charge is 2.48. The Morgan fingerprint density at radius 2 is 1.88 bits per heavy atom. The van der Waals surface area contributed by atoms with Crippen molar-refractivity contribution in [2.24, 2.45) is 5.92 Å². The molecule has 4 N–H and O–H groups in total. The highest BCUT2D eigenvalue weighted by atomic mass is 31.1. The minimum Gasteiger partial charge on any atom is -0.474 e. The minimum absolute atomic E-state index is 0.0147. The number of rotatable bonds is 8. The number of hydrogen-bond acceptors (Lipinski definition) is 16. The average Bonchev–Trinajstić information content (AvgIpc) is 3.79. The lowest BCUT2D eigenvalue weighted by atomic mass is 10.0. The van der Waals surface area contributed by atoms with E-state index < -0.39 is 58.6 Å². The molecule has 5 heterocycles. The maximum atomic E-state index is 13.2. The van der Waals surface area contributed by atoms with Crippen LogP contribution in [-0.2, 0) is 49.7 Å². The molecule has 1 aliphatic carbocycles. The molecular weight excluding hydrogens is 710 g/mol. The Balaban J connectivity index is 1.09. The van der Waals surface area contributed by atoms with Crippen LogP contribution in [0.2, 0.25) is 0 Å². The first-order valence-corrected chi connectivity index (χ1v) is 18.6. The summed E-state index contributed by atoms with van der Waals surface area (Å²) < 4.78 is 62.2. The molecule has 2 saturated heterocycles. The number of benzene rings is 1. The maximum absolute atomic E-state index is 13.2. The summed E-state index contributed by atoms with van der Waals surface area (Å²) in [6, 6.07) is 9.07. The second kappa shape index (κ2) is 15.8. The number of hydrogen-bond donors (Lipinski definition) is 4. The number of imidazole rings is 1. The van der Waals surface area contributed by atoms with Crippen molar-refractivity contribution < 1.29 is 46.6 Å². The molecule has 51 heavy (non-hydrogen) atoms. The molecule has 3 aromatic heterocycles. The average molecular weight is 747 g/mol. The van der Waals surface area contributed by atoms with E-state index in [-0.39, 0.29) is 48.8 Å². The fourth-order valence-corrected chi connectivity index (χ4v) is 8.22. The molecule has 2 aliphatic heterocycles. The smallest absolute Gasteiger partial charge is 0.319 e. The number of ether oxygens (including phenoxy) is 2. The van der Waals surface area contributed by atoms with Crippen molar-refractivity contribution in [1.82, 2.24) is 34.8 Å². The van der Waals surface area contributed by atoms with Gasteiger partial charge in [0.15, 0.2) is 17.4 Å². The van der Waals surface area contributed by atoms with Gasteiger partial charge in [-0.25, -0.2) is 15.0 Å². The fraction of sp³-hybridized carbons (Fsp3) is 0.467. The lowest BCUT2D eigenvalue weighted by Gasteiger charge is -2.23. The number of aromatic amines is 1. The lowest BCUT2D eigenvalue weighted by molar-refractivity contribution is -0.115. The number of carbonyl (C=O) groups is 1. The van der Waals surface area contributed by atoms with E-state index >= 15 is 0 Å². The summed E-state index contributed by atoms with van der Waals surface area (Å²) in [6.45, 7) is 0.105. The summed E-state index contributed by atoms with van der Waals surface area (Å²) in [6.07, 6.45) is -1.15. The molecule has 1 saturated carbocycles. The molecule has 21 heteroatoms. The van der Waals surface area contributed by atoms with E-state index in [0.717, 1.165) is 11.1 Å². The quantitative estimate of drug-likeness (QED) is 0.187. The molecule has 0 spiro atoms. The van der Waals surface area contributed by atoms with Crippen LogP contribution in [0.4, 0.5) is 5.95 Å². The summed E-state index contributed by atoms with van der Waals surface area (Å²) in [5, 5.41) is 16.9. The molecule has 1 amide bonds. The number of aliphatic hydroxyl groups excluding tert-OH is 1. The van der Waals surface area contributed by atoms with Crippen LogP contribution in [0, 0.1) is 5.92 Å². The summed E-state index contributed by atoms with van der Waals surface area (Å²) >= 11 is 0. The van der Waals surface area contributed by atoms with Crippen molar-refractivity contribution in [2.45, 2.75) is 62.6 Å². The lowest BCUT2D eigenvalue weighted by Crippen LogP contribution is -2.34. The van der Waals surface area contributed by atoms with Crippen LogP contribution in [0.3, 0.4) is 0 Å². The largest absolute Gasteiger partial charge is 0.474 e. The van der Waals surface area contributed by atoms with E-state index in [4.69, 9.17) is 27.6 Å². The molecule has 272 valence electrons. The Kier molecular flexibility index (Phi) is 11.0. The molecule has 0 radical (unpaired) electrons. The number of aromatic nitrogens is 6. The Hall–Kier alpha value is -3.90. The second-order valence-electron chi connectivity index (χ2n) is 12.2. The van der Waals surface area contributed by atoms with Gasteiger partial charge in [-0.1, -0.05) is 24.3 Å². The molecule has 1 aromatic carbocycles. The summed E-state index contributed by atoms with van der Waals surface area (Å²) in [5.41, 5.74) is 0.982. The van der Waals surface area contributed by atoms with Gasteiger partial charge in [0.25, 0.3) is 5.56 Å². The van der Waals surface area contributed by atoms with Crippen LogP contribution >= 0.6 is 16.5 Å². The monoisotopic (exact) mass is 746 g/mol. The van der Waals surface area contributed by atoms with Gasteiger partial charge in [0.2, 0.25) is 17.7 Å². The molecule has 4 aromatic rings. The standard InChI is InChI=1S/C30H36N8O11P2/c1-31-11-17-5-3-2-4-16(17)9-22(39)35-30-36-27-24(28(41)37-30)34-15-38(27)29-26-25(40)21(47-29)13-45-50(42)48-20-10-19(46-23-6-7-32-14-33-23)8-18(20)12-44-51(43)49-26/h2-7,14-15,18-21,25-26,29,31,40,50-51H,8-13H2,1H3,(H2,35,36,37,39,41)/t18-,19-,20+,21-,25-,26-,29-/m1/s1. The van der Waals surface area contributed by atoms with E-state index in [1.165, 1.54) is 17.2 Å². The SMILES string of the molecule is CNCc1ccccc1CC(=O)Nc1nc2c(ncn2[C@@H]2O[C@@H]3CO[PH](=O)O[C@H]4C[C@H](Oc5ccncn5)C[C@@H]4CO[PH](=O)O[C@@H]2[C@@H]3O)c(=O)[nH]1. The first-order chi connectivity index (χ1) is 24.7. The van der Waals surface area contributed by atoms with Crippen molar-refractivity contribution in [3.63, 3.8) is 0 Å². The molecule has 2 unspecified atom stereocenters. The molecule has 3 aliphatic rings. The summed E-state index contributed by atoms with van der Waals surface area (Å²) in [5.74, 6) is -0.586. The number of nitrogens with one attached hydrogen (secondary N) is 3. The van der Waals surface area contributed by atoms with Gasteiger partial charge in [0.05, 0.1) is 32.1 Å². The minimum atomic E-state index is -3.27. The number of nitrogens with zero attached hydrogens (tertiary/aromatic N) is 5. The third-order valence-electron chi connectivity index (χ3n) is 8.80. The zero-order valence-electron chi connectivity index (χ0n) is 27.2. The highest BCUT2D eigenvalue weighted by molar-refractivity contribution is 7.33. The molecule has 2 bridgehead atoms. The number of aliphatic hydroxyl groups is 1. The third kappa shape index (κ3) is 8.12. The number of anilines is 1. The van der Waals surface area contributed by atoms with Gasteiger partial charge in [-0.15, -0.1) is 0 Å². The number of H-pyrrole nitrogens is 1. The first-order valence-electron chi connectivity index (χ1n) is 16.2. The van der Waals surface area contributed by atoms with Gasteiger partial charge in [-0.05, 0) is 24.6 Å². The Labute approximate surface area is 291 Å². The first kappa shape index (κ1) is 35.5. The Morgan fingerprint density at radius 3 is 2.69 bits per heavy atom. The van der Waals surface area contributed by atoms with Gasteiger partial charge in [0.1, 0.15) is 30.7 Å². The van der Waals surface area contributed by atoms with Crippen LogP contribution in [0.25, 0.3) is 11.2 Å². The predicted octanol–water partition coefficient (Wildman–Crippen LogP) is 1.52. The number of fused-ring (bicyclic) bond motifs is 4. The number of amides is 1. The van der Waals surface area contributed by atoms with Crippen molar-refractivity contribution in [3.8, 4) is 5.88 Å². The fourth-order valence-electron chi connectivity index (χ4n) is 6.42. The summed E-state index contributed by atoms with van der Waals surface area (Å²) in [7, 11) is -4.57. The van der Waals surface area contributed by atoms with E-state index in [2.05, 4.69) is 35.6 Å². The van der Waals surface area contributed by atoms with Crippen LogP contribution in [0.5, 0.6) is 5.88 Å². The zero-order valence-corrected chi connectivity index (χ0v) is 29.2.